The summed E-state index contributed by atoms with van der Waals surface area (Å²) in [6.45, 7) is 2.19. The Bertz CT molecular complexity index is 627. The zero-order valence-corrected chi connectivity index (χ0v) is 12.7. The molecule has 6 nitrogen and oxygen atoms in total. The number of aromatic nitrogens is 3. The monoisotopic (exact) mass is 285 g/mol. The third-order valence-corrected chi connectivity index (χ3v) is 3.04. The van der Waals surface area contributed by atoms with Gasteiger partial charge in [-0.15, -0.1) is 0 Å². The van der Waals surface area contributed by atoms with E-state index in [9.17, 15) is 4.79 Å². The summed E-state index contributed by atoms with van der Waals surface area (Å²) in [7, 11) is 5.33. The fourth-order valence-corrected chi connectivity index (χ4v) is 1.80. The molecule has 0 aliphatic rings. The number of aryl methyl sites for hydroxylation is 1. The molecule has 0 aliphatic carbocycles. The summed E-state index contributed by atoms with van der Waals surface area (Å²) in [4.78, 5) is 28.1. The first kappa shape index (κ1) is 14.9. The van der Waals surface area contributed by atoms with Crippen LogP contribution in [0.5, 0.6) is 0 Å². The molecule has 2 heterocycles. The Labute approximate surface area is 124 Å². The number of amides is 1. The molecule has 0 N–H and O–H groups in total. The van der Waals surface area contributed by atoms with Gasteiger partial charge in [-0.1, -0.05) is 0 Å². The summed E-state index contributed by atoms with van der Waals surface area (Å²) in [5.74, 6) is 1.39. The molecule has 0 bridgehead atoms. The van der Waals surface area contributed by atoms with Crippen molar-refractivity contribution >= 4 is 11.7 Å². The highest BCUT2D eigenvalue weighted by molar-refractivity contribution is 5.80. The zero-order chi connectivity index (χ0) is 15.4. The van der Waals surface area contributed by atoms with Crippen molar-refractivity contribution in [3.63, 3.8) is 0 Å². The van der Waals surface area contributed by atoms with Crippen LogP contribution in [0, 0.1) is 6.92 Å². The lowest BCUT2D eigenvalue weighted by atomic mass is 10.2. The Hall–Kier alpha value is -2.50. The standard InChI is InChI=1S/C15H19N5O/c1-11-9-13(20(4)10-14(21)19(2)3)18-15(17-11)12-5-7-16-8-6-12/h5-9H,10H2,1-4H3. The van der Waals surface area contributed by atoms with Crippen LogP contribution in [0.3, 0.4) is 0 Å². The molecule has 0 saturated carbocycles. The van der Waals surface area contributed by atoms with E-state index in [1.54, 1.807) is 31.4 Å². The van der Waals surface area contributed by atoms with Crippen LogP contribution < -0.4 is 4.90 Å². The van der Waals surface area contributed by atoms with Crippen molar-refractivity contribution in [3.05, 3.63) is 36.3 Å². The molecular weight excluding hydrogens is 266 g/mol. The Kier molecular flexibility index (Phi) is 4.47. The third kappa shape index (κ3) is 3.75. The molecule has 0 aliphatic heterocycles. The van der Waals surface area contributed by atoms with Gasteiger partial charge in [0.1, 0.15) is 5.82 Å². The lowest BCUT2D eigenvalue weighted by molar-refractivity contribution is -0.127. The smallest absolute Gasteiger partial charge is 0.241 e. The number of likely N-dealkylation sites (N-methyl/N-ethyl adjacent to an activating group) is 2. The predicted molar refractivity (Wildman–Crippen MR) is 82.0 cm³/mol. The van der Waals surface area contributed by atoms with Crippen molar-refractivity contribution < 1.29 is 4.79 Å². The summed E-state index contributed by atoms with van der Waals surface area (Å²) < 4.78 is 0. The molecule has 6 heteroatoms. The quantitative estimate of drug-likeness (QED) is 0.849. The van der Waals surface area contributed by atoms with Gasteiger partial charge >= 0.3 is 0 Å². The van der Waals surface area contributed by atoms with E-state index in [0.29, 0.717) is 5.82 Å². The summed E-state index contributed by atoms with van der Waals surface area (Å²) in [6, 6.07) is 5.60. The molecule has 0 aromatic carbocycles. The number of carbonyl (C=O) groups excluding carboxylic acids is 1. The minimum atomic E-state index is 0.0271. The molecule has 2 aromatic heterocycles. The molecule has 0 fully saturated rings. The minimum Gasteiger partial charge on any atom is -0.350 e. The SMILES string of the molecule is Cc1cc(N(C)CC(=O)N(C)C)nc(-c2ccncc2)n1. The molecule has 2 rings (SSSR count). The molecule has 110 valence electrons. The van der Waals surface area contributed by atoms with Crippen molar-refractivity contribution in [1.29, 1.82) is 0 Å². The molecule has 0 radical (unpaired) electrons. The number of rotatable bonds is 4. The first-order chi connectivity index (χ1) is 9.97. The lowest BCUT2D eigenvalue weighted by Crippen LogP contribution is -2.34. The molecule has 0 spiro atoms. The molecule has 0 saturated heterocycles. The van der Waals surface area contributed by atoms with E-state index in [4.69, 9.17) is 0 Å². The molecule has 21 heavy (non-hydrogen) atoms. The van der Waals surface area contributed by atoms with E-state index in [-0.39, 0.29) is 12.5 Å². The highest BCUT2D eigenvalue weighted by Gasteiger charge is 2.12. The highest BCUT2D eigenvalue weighted by atomic mass is 16.2. The molecule has 0 atom stereocenters. The first-order valence-corrected chi connectivity index (χ1v) is 6.64. The van der Waals surface area contributed by atoms with E-state index in [1.807, 2.05) is 37.1 Å². The maximum atomic E-state index is 11.8. The van der Waals surface area contributed by atoms with Crippen molar-refractivity contribution in [3.8, 4) is 11.4 Å². The number of hydrogen-bond donors (Lipinski definition) is 0. The second-order valence-corrected chi connectivity index (χ2v) is 5.07. The Morgan fingerprint density at radius 3 is 2.43 bits per heavy atom. The van der Waals surface area contributed by atoms with E-state index >= 15 is 0 Å². The minimum absolute atomic E-state index is 0.0271. The third-order valence-electron chi connectivity index (χ3n) is 3.04. The normalized spacial score (nSPS) is 10.3. The van der Waals surface area contributed by atoms with Gasteiger partial charge in [-0.25, -0.2) is 9.97 Å². The van der Waals surface area contributed by atoms with Crippen molar-refractivity contribution in [1.82, 2.24) is 19.9 Å². The van der Waals surface area contributed by atoms with Crippen LogP contribution in [0.1, 0.15) is 5.69 Å². The van der Waals surface area contributed by atoms with Crippen LogP contribution in [0.15, 0.2) is 30.6 Å². The average molecular weight is 285 g/mol. The molecule has 0 unspecified atom stereocenters. The van der Waals surface area contributed by atoms with Crippen LogP contribution in [-0.2, 0) is 4.79 Å². The van der Waals surface area contributed by atoms with Crippen LogP contribution in [0.4, 0.5) is 5.82 Å². The van der Waals surface area contributed by atoms with Crippen LogP contribution in [0.2, 0.25) is 0 Å². The molecule has 1 amide bonds. The maximum Gasteiger partial charge on any atom is 0.241 e. The zero-order valence-electron chi connectivity index (χ0n) is 12.7. The summed E-state index contributed by atoms with van der Waals surface area (Å²) in [5.41, 5.74) is 1.76. The molecular formula is C15H19N5O. The van der Waals surface area contributed by atoms with Gasteiger partial charge in [-0.3, -0.25) is 9.78 Å². The van der Waals surface area contributed by atoms with Gasteiger partial charge in [-0.05, 0) is 19.1 Å². The molecule has 2 aromatic rings. The van der Waals surface area contributed by atoms with Gasteiger partial charge < -0.3 is 9.80 Å². The van der Waals surface area contributed by atoms with Gasteiger partial charge in [0.25, 0.3) is 0 Å². The van der Waals surface area contributed by atoms with Crippen LogP contribution in [0.25, 0.3) is 11.4 Å². The van der Waals surface area contributed by atoms with E-state index in [2.05, 4.69) is 15.0 Å². The van der Waals surface area contributed by atoms with Gasteiger partial charge in [0.2, 0.25) is 5.91 Å². The Balaban J connectivity index is 2.29. The van der Waals surface area contributed by atoms with Gasteiger partial charge in [0.05, 0.1) is 6.54 Å². The number of carbonyl (C=O) groups is 1. The van der Waals surface area contributed by atoms with Crippen LogP contribution >= 0.6 is 0 Å². The first-order valence-electron chi connectivity index (χ1n) is 6.64. The van der Waals surface area contributed by atoms with Crippen LogP contribution in [-0.4, -0.2) is 53.4 Å². The maximum absolute atomic E-state index is 11.8. The number of hydrogen-bond acceptors (Lipinski definition) is 5. The fraction of sp³-hybridized carbons (Fsp3) is 0.333. The van der Waals surface area contributed by atoms with Crippen molar-refractivity contribution in [2.45, 2.75) is 6.92 Å². The van der Waals surface area contributed by atoms with Crippen molar-refractivity contribution in [2.24, 2.45) is 0 Å². The fourth-order valence-electron chi connectivity index (χ4n) is 1.80. The van der Waals surface area contributed by atoms with E-state index in [1.165, 1.54) is 0 Å². The number of nitrogens with zero attached hydrogens (tertiary/aromatic N) is 5. The highest BCUT2D eigenvalue weighted by Crippen LogP contribution is 2.18. The van der Waals surface area contributed by atoms with Crippen molar-refractivity contribution in [2.75, 3.05) is 32.6 Å². The Morgan fingerprint density at radius 1 is 1.14 bits per heavy atom. The van der Waals surface area contributed by atoms with E-state index < -0.39 is 0 Å². The van der Waals surface area contributed by atoms with Gasteiger partial charge in [-0.2, -0.15) is 0 Å². The summed E-state index contributed by atoms with van der Waals surface area (Å²) >= 11 is 0. The largest absolute Gasteiger partial charge is 0.350 e. The second kappa shape index (κ2) is 6.30. The van der Waals surface area contributed by atoms with Gasteiger partial charge in [0, 0.05) is 50.9 Å². The van der Waals surface area contributed by atoms with Gasteiger partial charge in [0.15, 0.2) is 5.82 Å². The summed E-state index contributed by atoms with van der Waals surface area (Å²) in [6.07, 6.45) is 3.42. The lowest BCUT2D eigenvalue weighted by Gasteiger charge is -2.20. The average Bonchev–Trinajstić information content (AvgIpc) is 2.47. The number of pyridine rings is 1. The topological polar surface area (TPSA) is 62.2 Å². The Morgan fingerprint density at radius 2 is 1.81 bits per heavy atom. The summed E-state index contributed by atoms with van der Waals surface area (Å²) in [5, 5.41) is 0. The second-order valence-electron chi connectivity index (χ2n) is 5.07. The predicted octanol–water partition coefficient (Wildman–Crippen LogP) is 1.37. The number of anilines is 1. The van der Waals surface area contributed by atoms with E-state index in [0.717, 1.165) is 17.1 Å².